The standard InChI is InChI=1S/C13H15FN2O/c1-10(16-8-13-7-15-9-17-13)6-11-2-4-12(14)5-3-11/h2-5,7,9-10,16H,6,8H2,1H3. The van der Waals surface area contributed by atoms with Gasteiger partial charge in [0.1, 0.15) is 11.6 Å². The first-order valence-corrected chi connectivity index (χ1v) is 5.59. The fraction of sp³-hybridized carbons (Fsp3) is 0.308. The molecule has 2 aromatic rings. The maximum Gasteiger partial charge on any atom is 0.180 e. The molecule has 0 aliphatic carbocycles. The van der Waals surface area contributed by atoms with E-state index in [4.69, 9.17) is 4.42 Å². The van der Waals surface area contributed by atoms with Crippen molar-refractivity contribution in [2.24, 2.45) is 0 Å². The fourth-order valence-electron chi connectivity index (χ4n) is 1.65. The van der Waals surface area contributed by atoms with Crippen LogP contribution in [0.1, 0.15) is 18.2 Å². The van der Waals surface area contributed by atoms with Gasteiger partial charge in [0.25, 0.3) is 0 Å². The van der Waals surface area contributed by atoms with Crippen molar-refractivity contribution in [2.45, 2.75) is 25.9 Å². The molecule has 0 saturated heterocycles. The molecule has 1 aromatic heterocycles. The summed E-state index contributed by atoms with van der Waals surface area (Å²) in [4.78, 5) is 3.85. The van der Waals surface area contributed by atoms with Crippen LogP contribution in [0.2, 0.25) is 0 Å². The molecule has 0 fully saturated rings. The highest BCUT2D eigenvalue weighted by Crippen LogP contribution is 2.06. The lowest BCUT2D eigenvalue weighted by molar-refractivity contribution is 0.451. The third-order valence-electron chi connectivity index (χ3n) is 2.56. The second-order valence-corrected chi connectivity index (χ2v) is 4.08. The maximum atomic E-state index is 12.7. The van der Waals surface area contributed by atoms with E-state index >= 15 is 0 Å². The normalized spacial score (nSPS) is 12.6. The van der Waals surface area contributed by atoms with Gasteiger partial charge in [-0.1, -0.05) is 12.1 Å². The predicted molar refractivity (Wildman–Crippen MR) is 62.9 cm³/mol. The number of nitrogens with zero attached hydrogens (tertiary/aromatic N) is 1. The third-order valence-corrected chi connectivity index (χ3v) is 2.56. The molecule has 0 bridgehead atoms. The molecule has 3 nitrogen and oxygen atoms in total. The van der Waals surface area contributed by atoms with Crippen LogP contribution in [0.5, 0.6) is 0 Å². The van der Waals surface area contributed by atoms with E-state index in [0.717, 1.165) is 17.7 Å². The predicted octanol–water partition coefficient (Wildman–Crippen LogP) is 2.53. The third kappa shape index (κ3) is 3.67. The van der Waals surface area contributed by atoms with Crippen LogP contribution in [0, 0.1) is 5.82 Å². The minimum atomic E-state index is -0.198. The van der Waals surface area contributed by atoms with Crippen LogP contribution in [-0.2, 0) is 13.0 Å². The molecule has 0 radical (unpaired) electrons. The van der Waals surface area contributed by atoms with Crippen LogP contribution in [0.3, 0.4) is 0 Å². The second-order valence-electron chi connectivity index (χ2n) is 4.08. The van der Waals surface area contributed by atoms with Gasteiger partial charge in [-0.3, -0.25) is 0 Å². The van der Waals surface area contributed by atoms with Gasteiger partial charge in [-0.2, -0.15) is 0 Å². The van der Waals surface area contributed by atoms with E-state index in [1.54, 1.807) is 6.20 Å². The molecule has 1 N–H and O–H groups in total. The molecule has 0 aliphatic rings. The largest absolute Gasteiger partial charge is 0.447 e. The van der Waals surface area contributed by atoms with Crippen molar-refractivity contribution in [3.63, 3.8) is 0 Å². The fourth-order valence-corrected chi connectivity index (χ4v) is 1.65. The summed E-state index contributed by atoms with van der Waals surface area (Å²) in [6.07, 6.45) is 3.97. The number of rotatable bonds is 5. The Morgan fingerprint density at radius 1 is 1.35 bits per heavy atom. The van der Waals surface area contributed by atoms with Crippen LogP contribution in [0.4, 0.5) is 4.39 Å². The smallest absolute Gasteiger partial charge is 0.180 e. The van der Waals surface area contributed by atoms with Crippen molar-refractivity contribution in [2.75, 3.05) is 0 Å². The van der Waals surface area contributed by atoms with E-state index in [-0.39, 0.29) is 5.82 Å². The summed E-state index contributed by atoms with van der Waals surface area (Å²) >= 11 is 0. The van der Waals surface area contributed by atoms with Crippen LogP contribution >= 0.6 is 0 Å². The molecule has 90 valence electrons. The summed E-state index contributed by atoms with van der Waals surface area (Å²) in [6, 6.07) is 6.88. The van der Waals surface area contributed by atoms with Crippen molar-refractivity contribution in [3.05, 3.63) is 54.0 Å². The van der Waals surface area contributed by atoms with Gasteiger partial charge in [0.2, 0.25) is 0 Å². The Bertz CT molecular complexity index is 439. The molecule has 0 spiro atoms. The van der Waals surface area contributed by atoms with Gasteiger partial charge >= 0.3 is 0 Å². The van der Waals surface area contributed by atoms with E-state index in [9.17, 15) is 4.39 Å². The Morgan fingerprint density at radius 2 is 2.12 bits per heavy atom. The van der Waals surface area contributed by atoms with E-state index in [1.807, 2.05) is 12.1 Å². The van der Waals surface area contributed by atoms with E-state index < -0.39 is 0 Å². The highest BCUT2D eigenvalue weighted by Gasteiger charge is 2.04. The summed E-state index contributed by atoms with van der Waals surface area (Å²) < 4.78 is 17.8. The Hall–Kier alpha value is -1.68. The molecule has 2 rings (SSSR count). The molecule has 1 aromatic carbocycles. The molecule has 0 amide bonds. The second kappa shape index (κ2) is 5.59. The first kappa shape index (κ1) is 11.8. The molecule has 0 aliphatic heterocycles. The summed E-state index contributed by atoms with van der Waals surface area (Å²) in [5.74, 6) is 0.618. The highest BCUT2D eigenvalue weighted by molar-refractivity contribution is 5.17. The Labute approximate surface area is 99.7 Å². The molecule has 0 saturated carbocycles. The van der Waals surface area contributed by atoms with E-state index in [0.29, 0.717) is 12.6 Å². The summed E-state index contributed by atoms with van der Waals surface area (Å²) in [7, 11) is 0. The van der Waals surface area contributed by atoms with Gasteiger partial charge in [0, 0.05) is 6.04 Å². The quantitative estimate of drug-likeness (QED) is 0.864. The van der Waals surface area contributed by atoms with Crippen molar-refractivity contribution >= 4 is 0 Å². The van der Waals surface area contributed by atoms with Gasteiger partial charge in [0.15, 0.2) is 6.39 Å². The van der Waals surface area contributed by atoms with Crippen LogP contribution in [-0.4, -0.2) is 11.0 Å². The lowest BCUT2D eigenvalue weighted by atomic mass is 10.1. The number of benzene rings is 1. The Kier molecular flexibility index (Phi) is 3.88. The van der Waals surface area contributed by atoms with Gasteiger partial charge in [-0.25, -0.2) is 9.37 Å². The minimum absolute atomic E-state index is 0.198. The van der Waals surface area contributed by atoms with Crippen molar-refractivity contribution < 1.29 is 8.81 Å². The van der Waals surface area contributed by atoms with Crippen molar-refractivity contribution in [3.8, 4) is 0 Å². The first-order valence-electron chi connectivity index (χ1n) is 5.59. The number of oxazole rings is 1. The van der Waals surface area contributed by atoms with Crippen molar-refractivity contribution in [1.82, 2.24) is 10.3 Å². The van der Waals surface area contributed by atoms with Crippen molar-refractivity contribution in [1.29, 1.82) is 0 Å². The molecule has 1 unspecified atom stereocenters. The average Bonchev–Trinajstić information content (AvgIpc) is 2.83. The average molecular weight is 234 g/mol. The van der Waals surface area contributed by atoms with E-state index in [1.165, 1.54) is 18.5 Å². The maximum absolute atomic E-state index is 12.7. The molecule has 1 heterocycles. The number of nitrogens with one attached hydrogen (secondary N) is 1. The number of hydrogen-bond donors (Lipinski definition) is 1. The topological polar surface area (TPSA) is 38.1 Å². The number of hydrogen-bond acceptors (Lipinski definition) is 3. The van der Waals surface area contributed by atoms with Crippen LogP contribution < -0.4 is 5.32 Å². The SMILES string of the molecule is CC(Cc1ccc(F)cc1)NCc1cnco1. The molecule has 1 atom stereocenters. The van der Waals surface area contributed by atoms with Gasteiger partial charge < -0.3 is 9.73 Å². The van der Waals surface area contributed by atoms with Gasteiger partial charge in [0.05, 0.1) is 12.7 Å². The zero-order valence-electron chi connectivity index (χ0n) is 9.69. The summed E-state index contributed by atoms with van der Waals surface area (Å²) in [6.45, 7) is 2.74. The number of halogens is 1. The minimum Gasteiger partial charge on any atom is -0.447 e. The lowest BCUT2D eigenvalue weighted by Crippen LogP contribution is -2.27. The van der Waals surface area contributed by atoms with Crippen LogP contribution in [0.15, 0.2) is 41.3 Å². The zero-order valence-corrected chi connectivity index (χ0v) is 9.69. The Balaban J connectivity index is 1.80. The van der Waals surface area contributed by atoms with Crippen LogP contribution in [0.25, 0.3) is 0 Å². The van der Waals surface area contributed by atoms with Gasteiger partial charge in [-0.15, -0.1) is 0 Å². The summed E-state index contributed by atoms with van der Waals surface area (Å²) in [5.41, 5.74) is 1.11. The zero-order chi connectivity index (χ0) is 12.1. The monoisotopic (exact) mass is 234 g/mol. The molecular weight excluding hydrogens is 219 g/mol. The van der Waals surface area contributed by atoms with E-state index in [2.05, 4.69) is 17.2 Å². The molecule has 4 heteroatoms. The Morgan fingerprint density at radius 3 is 2.76 bits per heavy atom. The lowest BCUT2D eigenvalue weighted by Gasteiger charge is -2.12. The van der Waals surface area contributed by atoms with Gasteiger partial charge in [-0.05, 0) is 31.0 Å². The number of aromatic nitrogens is 1. The summed E-state index contributed by atoms with van der Waals surface area (Å²) in [5, 5.41) is 3.32. The molecule has 17 heavy (non-hydrogen) atoms. The molecular formula is C13H15FN2O. The first-order chi connectivity index (χ1) is 8.24. The highest BCUT2D eigenvalue weighted by atomic mass is 19.1.